The van der Waals surface area contributed by atoms with Crippen LogP contribution in [0.5, 0.6) is 5.75 Å². The molecule has 30 heavy (non-hydrogen) atoms. The molecular weight excluding hydrogens is 376 g/mol. The number of hydrogen-bond donors (Lipinski definition) is 1. The van der Waals surface area contributed by atoms with Crippen molar-refractivity contribution in [3.8, 4) is 5.75 Å². The Hall–Kier alpha value is -3.19. The number of benzene rings is 2. The van der Waals surface area contributed by atoms with Gasteiger partial charge in [-0.2, -0.15) is 0 Å². The summed E-state index contributed by atoms with van der Waals surface area (Å²) in [7, 11) is 1.74. The minimum absolute atomic E-state index is 0.850. The Kier molecular flexibility index (Phi) is 4.96. The maximum atomic E-state index is 5.54. The van der Waals surface area contributed by atoms with E-state index in [0.29, 0.717) is 0 Å². The topological polar surface area (TPSA) is 60.0 Å². The number of hydrogen-bond acceptors (Lipinski definition) is 5. The summed E-state index contributed by atoms with van der Waals surface area (Å²) in [6.07, 6.45) is 0.850. The quantitative estimate of drug-likeness (QED) is 0.550. The van der Waals surface area contributed by atoms with E-state index in [2.05, 4.69) is 44.6 Å². The molecule has 0 saturated carbocycles. The molecule has 1 aliphatic rings. The van der Waals surface area contributed by atoms with E-state index in [-0.39, 0.29) is 0 Å². The average Bonchev–Trinajstić information content (AvgIpc) is 3.23. The molecule has 0 aliphatic carbocycles. The van der Waals surface area contributed by atoms with E-state index < -0.39 is 0 Å². The van der Waals surface area contributed by atoms with Gasteiger partial charge in [0, 0.05) is 11.8 Å². The Labute approximate surface area is 175 Å². The molecule has 1 fully saturated rings. The van der Waals surface area contributed by atoms with Gasteiger partial charge in [0.1, 0.15) is 18.1 Å². The molecule has 5 rings (SSSR count). The molecule has 7 nitrogen and oxygen atoms in total. The predicted octanol–water partition coefficient (Wildman–Crippen LogP) is 1.75. The van der Waals surface area contributed by atoms with Gasteiger partial charge in [-0.25, -0.2) is 4.98 Å². The minimum atomic E-state index is 0.850. The molecular formula is C23H27N6O+. The maximum Gasteiger partial charge on any atom is 0.194 e. The first kappa shape index (κ1) is 18.8. The van der Waals surface area contributed by atoms with Crippen LogP contribution in [0.15, 0.2) is 48.5 Å². The van der Waals surface area contributed by atoms with Crippen molar-refractivity contribution in [2.45, 2.75) is 19.9 Å². The Morgan fingerprint density at radius 3 is 2.53 bits per heavy atom. The molecule has 0 unspecified atom stereocenters. The van der Waals surface area contributed by atoms with Gasteiger partial charge in [0.15, 0.2) is 11.5 Å². The van der Waals surface area contributed by atoms with Crippen LogP contribution in [0.4, 0.5) is 5.69 Å². The number of quaternary nitrogens is 1. The lowest BCUT2D eigenvalue weighted by Gasteiger charge is -2.34. The summed E-state index contributed by atoms with van der Waals surface area (Å²) in [5, 5.41) is 10.2. The normalized spacial score (nSPS) is 15.2. The van der Waals surface area contributed by atoms with Crippen molar-refractivity contribution in [3.05, 3.63) is 60.2 Å². The summed E-state index contributed by atoms with van der Waals surface area (Å²) in [6.45, 7) is 7.08. The lowest BCUT2D eigenvalue weighted by Crippen LogP contribution is -3.13. The lowest BCUT2D eigenvalue weighted by atomic mass is 10.2. The fourth-order valence-electron chi connectivity index (χ4n) is 4.42. The molecule has 4 aromatic rings. The van der Waals surface area contributed by atoms with Crippen molar-refractivity contribution in [1.29, 1.82) is 0 Å². The summed E-state index contributed by atoms with van der Waals surface area (Å²) in [5.74, 6) is 2.96. The van der Waals surface area contributed by atoms with Gasteiger partial charge in [-0.15, -0.1) is 10.2 Å². The van der Waals surface area contributed by atoms with E-state index in [1.54, 1.807) is 7.11 Å². The molecule has 0 bridgehead atoms. The molecule has 0 atom stereocenters. The summed E-state index contributed by atoms with van der Waals surface area (Å²) < 4.78 is 7.71. The molecule has 3 heterocycles. The van der Waals surface area contributed by atoms with Crippen LogP contribution in [0.2, 0.25) is 0 Å². The van der Waals surface area contributed by atoms with Crippen LogP contribution < -0.4 is 14.5 Å². The van der Waals surface area contributed by atoms with Gasteiger partial charge >= 0.3 is 0 Å². The summed E-state index contributed by atoms with van der Waals surface area (Å²) in [6, 6.07) is 16.4. The third-order valence-corrected chi connectivity index (χ3v) is 6.00. The Balaban J connectivity index is 1.38. The minimum Gasteiger partial charge on any atom is -0.495 e. The SMILES string of the molecule is CCc1nc2ccccc2c2nnc(C[NH+]3CCN(c4ccccc4OC)CC3)n12. The zero-order valence-electron chi connectivity index (χ0n) is 17.5. The van der Waals surface area contributed by atoms with Gasteiger partial charge in [-0.05, 0) is 24.3 Å². The molecule has 2 aromatic heterocycles. The number of rotatable bonds is 5. The maximum absolute atomic E-state index is 5.54. The number of piperazine rings is 1. The van der Waals surface area contributed by atoms with Crippen molar-refractivity contribution in [2.75, 3.05) is 38.2 Å². The molecule has 0 spiro atoms. The van der Waals surface area contributed by atoms with Crippen LogP contribution in [0, 0.1) is 0 Å². The van der Waals surface area contributed by atoms with Crippen LogP contribution in [0.1, 0.15) is 18.6 Å². The molecule has 0 amide bonds. The van der Waals surface area contributed by atoms with Gasteiger partial charge in [0.25, 0.3) is 0 Å². The smallest absolute Gasteiger partial charge is 0.194 e. The number of fused-ring (bicyclic) bond motifs is 3. The van der Waals surface area contributed by atoms with E-state index >= 15 is 0 Å². The van der Waals surface area contributed by atoms with Crippen LogP contribution in [-0.2, 0) is 13.0 Å². The summed E-state index contributed by atoms with van der Waals surface area (Å²) >= 11 is 0. The first-order valence-electron chi connectivity index (χ1n) is 10.6. The fraction of sp³-hybridized carbons (Fsp3) is 0.348. The molecule has 1 N–H and O–H groups in total. The Morgan fingerprint density at radius 2 is 1.73 bits per heavy atom. The second-order valence-corrected chi connectivity index (χ2v) is 7.76. The first-order valence-corrected chi connectivity index (χ1v) is 10.6. The second kappa shape index (κ2) is 7.91. The number of nitrogens with one attached hydrogen (secondary N) is 1. The highest BCUT2D eigenvalue weighted by molar-refractivity contribution is 5.91. The zero-order valence-corrected chi connectivity index (χ0v) is 17.5. The molecule has 0 radical (unpaired) electrons. The third kappa shape index (κ3) is 3.25. The predicted molar refractivity (Wildman–Crippen MR) is 117 cm³/mol. The highest BCUT2D eigenvalue weighted by Gasteiger charge is 2.24. The van der Waals surface area contributed by atoms with Crippen molar-refractivity contribution < 1.29 is 9.64 Å². The summed E-state index contributed by atoms with van der Waals surface area (Å²) in [4.78, 5) is 8.80. The third-order valence-electron chi connectivity index (χ3n) is 6.00. The van der Waals surface area contributed by atoms with Crippen molar-refractivity contribution in [1.82, 2.24) is 19.6 Å². The van der Waals surface area contributed by atoms with Gasteiger partial charge in [0.05, 0.1) is 44.5 Å². The number of methoxy groups -OCH3 is 1. The number of para-hydroxylation sites is 3. The standard InChI is InChI=1S/C23H26N6O/c1-3-21-24-18-9-5-4-8-17(18)23-26-25-22(29(21)23)16-27-12-14-28(15-13-27)19-10-6-7-11-20(19)30-2/h4-11H,3,12-16H2,1-2H3/p+1. The number of ether oxygens (including phenoxy) is 1. The Bertz CT molecular complexity index is 1180. The van der Waals surface area contributed by atoms with Gasteiger partial charge < -0.3 is 14.5 Å². The zero-order chi connectivity index (χ0) is 20.5. The van der Waals surface area contributed by atoms with Crippen LogP contribution in [0.25, 0.3) is 16.6 Å². The van der Waals surface area contributed by atoms with Gasteiger partial charge in [-0.3, -0.25) is 4.40 Å². The largest absolute Gasteiger partial charge is 0.495 e. The van der Waals surface area contributed by atoms with Crippen molar-refractivity contribution in [2.24, 2.45) is 0 Å². The van der Waals surface area contributed by atoms with Gasteiger partial charge in [0.2, 0.25) is 0 Å². The molecule has 154 valence electrons. The lowest BCUT2D eigenvalue weighted by molar-refractivity contribution is -0.915. The molecule has 7 heteroatoms. The van der Waals surface area contributed by atoms with Crippen molar-refractivity contribution >= 4 is 22.2 Å². The second-order valence-electron chi connectivity index (χ2n) is 7.76. The number of aromatic nitrogens is 4. The number of aryl methyl sites for hydroxylation is 1. The molecule has 1 saturated heterocycles. The van der Waals surface area contributed by atoms with Crippen LogP contribution in [0.3, 0.4) is 0 Å². The van der Waals surface area contributed by atoms with Crippen LogP contribution >= 0.6 is 0 Å². The van der Waals surface area contributed by atoms with E-state index in [4.69, 9.17) is 9.72 Å². The van der Waals surface area contributed by atoms with E-state index in [0.717, 1.165) is 73.1 Å². The number of anilines is 1. The highest BCUT2D eigenvalue weighted by Crippen LogP contribution is 2.27. The van der Waals surface area contributed by atoms with E-state index in [1.807, 2.05) is 30.3 Å². The first-order chi connectivity index (χ1) is 14.8. The number of nitrogens with zero attached hydrogens (tertiary/aromatic N) is 5. The fourth-order valence-corrected chi connectivity index (χ4v) is 4.42. The molecule has 2 aromatic carbocycles. The average molecular weight is 404 g/mol. The Morgan fingerprint density at radius 1 is 0.967 bits per heavy atom. The van der Waals surface area contributed by atoms with E-state index in [1.165, 1.54) is 10.6 Å². The summed E-state index contributed by atoms with van der Waals surface area (Å²) in [5.41, 5.74) is 3.08. The monoisotopic (exact) mass is 403 g/mol. The van der Waals surface area contributed by atoms with Crippen LogP contribution in [-0.4, -0.2) is 52.9 Å². The highest BCUT2D eigenvalue weighted by atomic mass is 16.5. The van der Waals surface area contributed by atoms with E-state index in [9.17, 15) is 0 Å². The van der Waals surface area contributed by atoms with Gasteiger partial charge in [-0.1, -0.05) is 31.2 Å². The van der Waals surface area contributed by atoms with Crippen molar-refractivity contribution in [3.63, 3.8) is 0 Å². The molecule has 1 aliphatic heterocycles.